The normalized spacial score (nSPS) is 17.1. The number of likely N-dealkylation sites (N-methyl/N-ethyl adjacent to an activating group) is 1. The van der Waals surface area contributed by atoms with Crippen LogP contribution in [0.5, 0.6) is 11.5 Å². The summed E-state index contributed by atoms with van der Waals surface area (Å²) >= 11 is 1.23. The van der Waals surface area contributed by atoms with E-state index in [-0.39, 0.29) is 17.4 Å². The number of carbonyl (C=O) groups is 1. The molecule has 0 aromatic heterocycles. The molecule has 0 aliphatic carbocycles. The summed E-state index contributed by atoms with van der Waals surface area (Å²) in [6, 6.07) is 8.28. The number of benzene rings is 2. The highest BCUT2D eigenvalue weighted by Crippen LogP contribution is 2.38. The largest absolute Gasteiger partial charge is 0.450 e. The standard InChI is InChI=1S/C19H14F3N3O4S/c1-23-18-24(2)17(26)16(30-18)9-11-3-6-13(7-4-11)29-15-8-5-12(19(20,21)22)10-14(15)25(27)28/h3-10H,1-2H3/b16-9+,23-18?. The number of nitrogens with zero attached hydrogens (tertiary/aromatic N) is 3. The number of carbonyl (C=O) groups excluding carboxylic acids is 1. The average molecular weight is 437 g/mol. The Kier molecular flexibility index (Phi) is 5.83. The maximum absolute atomic E-state index is 12.8. The first-order chi connectivity index (χ1) is 14.1. The van der Waals surface area contributed by atoms with Crippen LogP contribution in [0.4, 0.5) is 18.9 Å². The third-order valence-electron chi connectivity index (χ3n) is 4.08. The van der Waals surface area contributed by atoms with E-state index in [2.05, 4.69) is 4.99 Å². The number of thioether (sulfide) groups is 1. The number of hydrogen-bond donors (Lipinski definition) is 0. The van der Waals surface area contributed by atoms with Crippen molar-refractivity contribution in [3.05, 3.63) is 68.6 Å². The number of amidine groups is 1. The number of amides is 1. The lowest BCUT2D eigenvalue weighted by Gasteiger charge is -2.10. The van der Waals surface area contributed by atoms with Crippen LogP contribution < -0.4 is 4.74 Å². The molecule has 1 saturated heterocycles. The second kappa shape index (κ2) is 8.19. The molecule has 1 amide bonds. The van der Waals surface area contributed by atoms with Gasteiger partial charge in [0.1, 0.15) is 5.75 Å². The molecule has 11 heteroatoms. The molecule has 0 atom stereocenters. The van der Waals surface area contributed by atoms with Crippen LogP contribution in [-0.2, 0) is 11.0 Å². The van der Waals surface area contributed by atoms with Gasteiger partial charge in [0.2, 0.25) is 5.75 Å². The molecule has 0 bridgehead atoms. The summed E-state index contributed by atoms with van der Waals surface area (Å²) in [6.45, 7) is 0. The van der Waals surface area contributed by atoms with Crippen molar-refractivity contribution in [2.75, 3.05) is 14.1 Å². The SMILES string of the molecule is CN=C1S/C(=C/c2ccc(Oc3ccc(C(F)(F)F)cc3[N+](=O)[O-])cc2)C(=O)N1C. The fraction of sp³-hybridized carbons (Fsp3) is 0.158. The Morgan fingerprint density at radius 2 is 1.87 bits per heavy atom. The van der Waals surface area contributed by atoms with Crippen LogP contribution in [0.25, 0.3) is 6.08 Å². The van der Waals surface area contributed by atoms with Gasteiger partial charge in [-0.25, -0.2) is 0 Å². The summed E-state index contributed by atoms with van der Waals surface area (Å²) in [4.78, 5) is 28.3. The van der Waals surface area contributed by atoms with Crippen molar-refractivity contribution >= 4 is 34.6 Å². The molecule has 156 valence electrons. The van der Waals surface area contributed by atoms with Gasteiger partial charge in [-0.2, -0.15) is 13.2 Å². The van der Waals surface area contributed by atoms with Crippen molar-refractivity contribution in [3.8, 4) is 11.5 Å². The van der Waals surface area contributed by atoms with Crippen molar-refractivity contribution in [1.29, 1.82) is 0 Å². The molecule has 2 aromatic rings. The Morgan fingerprint density at radius 3 is 2.40 bits per heavy atom. The number of aliphatic imine (C=N–C) groups is 1. The molecule has 30 heavy (non-hydrogen) atoms. The number of alkyl halides is 3. The molecule has 0 unspecified atom stereocenters. The number of ether oxygens (including phenoxy) is 1. The Bertz CT molecular complexity index is 1070. The monoisotopic (exact) mass is 437 g/mol. The fourth-order valence-electron chi connectivity index (χ4n) is 2.58. The lowest BCUT2D eigenvalue weighted by atomic mass is 10.1. The van der Waals surface area contributed by atoms with Gasteiger partial charge in [0.25, 0.3) is 5.91 Å². The molecular weight excluding hydrogens is 423 g/mol. The van der Waals surface area contributed by atoms with E-state index in [4.69, 9.17) is 4.74 Å². The predicted octanol–water partition coefficient (Wildman–Crippen LogP) is 4.94. The lowest BCUT2D eigenvalue weighted by Crippen LogP contribution is -2.23. The summed E-state index contributed by atoms with van der Waals surface area (Å²) < 4.78 is 43.8. The van der Waals surface area contributed by atoms with Crippen molar-refractivity contribution in [1.82, 2.24) is 4.90 Å². The maximum Gasteiger partial charge on any atom is 0.416 e. The van der Waals surface area contributed by atoms with E-state index < -0.39 is 22.4 Å². The topological polar surface area (TPSA) is 85.0 Å². The van der Waals surface area contributed by atoms with E-state index in [1.807, 2.05) is 0 Å². The number of halogens is 3. The zero-order valence-corrected chi connectivity index (χ0v) is 16.5. The molecule has 1 heterocycles. The van der Waals surface area contributed by atoms with Crippen LogP contribution >= 0.6 is 11.8 Å². The molecule has 0 radical (unpaired) electrons. The van der Waals surface area contributed by atoms with E-state index in [9.17, 15) is 28.1 Å². The summed E-state index contributed by atoms with van der Waals surface area (Å²) in [5.41, 5.74) is -1.26. The molecule has 1 aliphatic heterocycles. The minimum atomic E-state index is -4.70. The first-order valence-corrected chi connectivity index (χ1v) is 9.19. The van der Waals surface area contributed by atoms with Crippen molar-refractivity contribution in [3.63, 3.8) is 0 Å². The number of hydrogen-bond acceptors (Lipinski definition) is 6. The predicted molar refractivity (Wildman–Crippen MR) is 106 cm³/mol. The third-order valence-corrected chi connectivity index (χ3v) is 5.23. The quantitative estimate of drug-likeness (QED) is 0.384. The van der Waals surface area contributed by atoms with Gasteiger partial charge < -0.3 is 4.74 Å². The molecule has 3 rings (SSSR count). The first kappa shape index (κ1) is 21.4. The highest BCUT2D eigenvalue weighted by Gasteiger charge is 2.33. The molecule has 2 aromatic carbocycles. The van der Waals surface area contributed by atoms with Crippen molar-refractivity contribution < 1.29 is 27.6 Å². The number of nitro groups is 1. The smallest absolute Gasteiger partial charge is 0.416 e. The van der Waals surface area contributed by atoms with Crippen LogP contribution in [0.2, 0.25) is 0 Å². The summed E-state index contributed by atoms with van der Waals surface area (Å²) in [5, 5.41) is 11.7. The van der Waals surface area contributed by atoms with Crippen molar-refractivity contribution in [2.24, 2.45) is 4.99 Å². The Labute approximate surface area is 173 Å². The van der Waals surface area contributed by atoms with E-state index in [0.717, 1.165) is 6.07 Å². The fourth-order valence-corrected chi connectivity index (χ4v) is 3.51. The van der Waals surface area contributed by atoms with Gasteiger partial charge >= 0.3 is 11.9 Å². The van der Waals surface area contributed by atoms with E-state index in [0.29, 0.717) is 27.8 Å². The van der Waals surface area contributed by atoms with Crippen LogP contribution in [-0.4, -0.2) is 35.0 Å². The second-order valence-electron chi connectivity index (χ2n) is 6.09. The molecule has 1 fully saturated rings. The summed E-state index contributed by atoms with van der Waals surface area (Å²) in [7, 11) is 3.20. The summed E-state index contributed by atoms with van der Waals surface area (Å²) in [5.74, 6) is -0.314. The van der Waals surface area contributed by atoms with Crippen LogP contribution in [0.15, 0.2) is 52.4 Å². The van der Waals surface area contributed by atoms with Gasteiger partial charge in [-0.3, -0.25) is 24.8 Å². The van der Waals surface area contributed by atoms with Crippen molar-refractivity contribution in [2.45, 2.75) is 6.18 Å². The second-order valence-corrected chi connectivity index (χ2v) is 7.10. The molecule has 7 nitrogen and oxygen atoms in total. The van der Waals surface area contributed by atoms with E-state index >= 15 is 0 Å². The van der Waals surface area contributed by atoms with E-state index in [1.165, 1.54) is 28.8 Å². The van der Waals surface area contributed by atoms with Gasteiger partial charge in [0.05, 0.1) is 15.4 Å². The maximum atomic E-state index is 12.8. The molecular formula is C19H14F3N3O4S. The van der Waals surface area contributed by atoms with Crippen LogP contribution in [0.3, 0.4) is 0 Å². The van der Waals surface area contributed by atoms with Gasteiger partial charge in [-0.15, -0.1) is 0 Å². The zero-order valence-electron chi connectivity index (χ0n) is 15.6. The number of nitro benzene ring substituents is 1. The Balaban J connectivity index is 1.82. The molecule has 1 aliphatic rings. The van der Waals surface area contributed by atoms with Gasteiger partial charge in [-0.1, -0.05) is 12.1 Å². The highest BCUT2D eigenvalue weighted by molar-refractivity contribution is 8.18. The van der Waals surface area contributed by atoms with Crippen LogP contribution in [0.1, 0.15) is 11.1 Å². The van der Waals surface area contributed by atoms with Gasteiger partial charge in [0.15, 0.2) is 5.17 Å². The highest BCUT2D eigenvalue weighted by atomic mass is 32.2. The lowest BCUT2D eigenvalue weighted by molar-refractivity contribution is -0.385. The Morgan fingerprint density at radius 1 is 1.20 bits per heavy atom. The third kappa shape index (κ3) is 4.46. The molecule has 0 N–H and O–H groups in total. The first-order valence-electron chi connectivity index (χ1n) is 8.38. The average Bonchev–Trinajstić information content (AvgIpc) is 2.96. The minimum absolute atomic E-state index is 0.193. The zero-order chi connectivity index (χ0) is 22.1. The van der Waals surface area contributed by atoms with Gasteiger partial charge in [0, 0.05) is 20.2 Å². The van der Waals surface area contributed by atoms with E-state index in [1.54, 1.807) is 32.3 Å². The number of rotatable bonds is 4. The minimum Gasteiger partial charge on any atom is -0.450 e. The molecule has 0 spiro atoms. The Hall–Kier alpha value is -3.34. The summed E-state index contributed by atoms with van der Waals surface area (Å²) in [6.07, 6.45) is -3.05. The molecule has 0 saturated carbocycles. The van der Waals surface area contributed by atoms with Gasteiger partial charge in [-0.05, 0) is 47.7 Å². The van der Waals surface area contributed by atoms with Crippen LogP contribution in [0, 0.1) is 10.1 Å².